The van der Waals surface area contributed by atoms with Crippen molar-refractivity contribution in [2.75, 3.05) is 0 Å². The highest BCUT2D eigenvalue weighted by Crippen LogP contribution is 2.39. The normalized spacial score (nSPS) is 16.2. The average molecular weight is 258 g/mol. The molecule has 0 saturated heterocycles. The maximum absolute atomic E-state index is 10.2. The van der Waals surface area contributed by atoms with Crippen molar-refractivity contribution in [2.45, 2.75) is 26.4 Å². The Bertz CT molecular complexity index is 428. The summed E-state index contributed by atoms with van der Waals surface area (Å²) in [6, 6.07) is 6.99. The number of aliphatic hydroxyl groups is 1. The van der Waals surface area contributed by atoms with Crippen molar-refractivity contribution >= 4 is 23.2 Å². The second kappa shape index (κ2) is 5.05. The van der Waals surface area contributed by atoms with E-state index in [9.17, 15) is 5.11 Å². The van der Waals surface area contributed by atoms with Crippen LogP contribution in [0.4, 0.5) is 0 Å². The number of hydrogen-bond donors (Lipinski definition) is 1. The van der Waals surface area contributed by atoms with E-state index < -0.39 is 11.5 Å². The van der Waals surface area contributed by atoms with Crippen LogP contribution in [0.15, 0.2) is 18.2 Å². The molecule has 0 aliphatic heterocycles. The first-order chi connectivity index (χ1) is 7.44. The maximum Gasteiger partial charge on any atom is 0.0988 e. The zero-order chi connectivity index (χ0) is 12.3. The van der Waals surface area contributed by atoms with Crippen LogP contribution in [0.25, 0.3) is 0 Å². The summed E-state index contributed by atoms with van der Waals surface area (Å²) in [7, 11) is 0. The van der Waals surface area contributed by atoms with E-state index in [0.717, 1.165) is 0 Å². The van der Waals surface area contributed by atoms with E-state index in [0.29, 0.717) is 22.0 Å². The predicted molar refractivity (Wildman–Crippen MR) is 65.4 cm³/mol. The van der Waals surface area contributed by atoms with Gasteiger partial charge >= 0.3 is 0 Å². The van der Waals surface area contributed by atoms with Gasteiger partial charge in [0.25, 0.3) is 0 Å². The number of halogens is 2. The summed E-state index contributed by atoms with van der Waals surface area (Å²) < 4.78 is 0. The molecule has 2 nitrogen and oxygen atoms in total. The Labute approximate surface area is 105 Å². The fourth-order valence-corrected chi connectivity index (χ4v) is 1.80. The summed E-state index contributed by atoms with van der Waals surface area (Å²) in [4.78, 5) is 0. The van der Waals surface area contributed by atoms with Crippen molar-refractivity contribution in [1.29, 1.82) is 5.26 Å². The standard InChI is InChI=1S/C12H13Cl2NO/c1-3-12(2,7-15)11(16)9-6-8(13)4-5-10(9)14/h4-6,11,16H,3H2,1-2H3. The molecule has 2 atom stereocenters. The second-order valence-corrected chi connectivity index (χ2v) is 4.79. The van der Waals surface area contributed by atoms with E-state index in [1.165, 1.54) is 0 Å². The number of aliphatic hydroxyl groups excluding tert-OH is 1. The van der Waals surface area contributed by atoms with Crippen molar-refractivity contribution in [3.05, 3.63) is 33.8 Å². The van der Waals surface area contributed by atoms with E-state index in [1.54, 1.807) is 25.1 Å². The van der Waals surface area contributed by atoms with Gasteiger partial charge in [0, 0.05) is 15.6 Å². The molecule has 1 aromatic rings. The van der Waals surface area contributed by atoms with Crippen LogP contribution < -0.4 is 0 Å². The molecule has 1 N–H and O–H groups in total. The topological polar surface area (TPSA) is 44.0 Å². The summed E-state index contributed by atoms with van der Waals surface area (Å²) in [5, 5.41) is 20.2. The first-order valence-corrected chi connectivity index (χ1v) is 5.74. The van der Waals surface area contributed by atoms with Gasteiger partial charge < -0.3 is 5.11 Å². The Morgan fingerprint density at radius 2 is 2.12 bits per heavy atom. The molecule has 0 spiro atoms. The molecule has 0 aromatic heterocycles. The van der Waals surface area contributed by atoms with Crippen molar-refractivity contribution in [3.63, 3.8) is 0 Å². The number of benzene rings is 1. The number of rotatable bonds is 3. The predicted octanol–water partition coefficient (Wildman–Crippen LogP) is 3.97. The molecule has 0 aliphatic rings. The smallest absolute Gasteiger partial charge is 0.0988 e. The van der Waals surface area contributed by atoms with E-state index in [4.69, 9.17) is 28.5 Å². The number of nitrogens with zero attached hydrogens (tertiary/aromatic N) is 1. The van der Waals surface area contributed by atoms with E-state index in [1.807, 2.05) is 6.92 Å². The van der Waals surface area contributed by atoms with Crippen molar-refractivity contribution in [1.82, 2.24) is 0 Å². The minimum absolute atomic E-state index is 0.423. The maximum atomic E-state index is 10.2. The lowest BCUT2D eigenvalue weighted by atomic mass is 9.80. The lowest BCUT2D eigenvalue weighted by Gasteiger charge is -2.27. The van der Waals surface area contributed by atoms with Gasteiger partial charge in [-0.2, -0.15) is 5.26 Å². The Balaban J connectivity index is 3.19. The molecule has 1 aromatic carbocycles. The third-order valence-corrected chi connectivity index (χ3v) is 3.43. The van der Waals surface area contributed by atoms with Crippen molar-refractivity contribution in [3.8, 4) is 6.07 Å². The molecular weight excluding hydrogens is 245 g/mol. The van der Waals surface area contributed by atoms with Gasteiger partial charge in [0.05, 0.1) is 17.6 Å². The van der Waals surface area contributed by atoms with Gasteiger partial charge in [0.2, 0.25) is 0 Å². The van der Waals surface area contributed by atoms with Gasteiger partial charge in [-0.15, -0.1) is 0 Å². The van der Waals surface area contributed by atoms with Crippen LogP contribution in [0, 0.1) is 16.7 Å². The quantitative estimate of drug-likeness (QED) is 0.891. The summed E-state index contributed by atoms with van der Waals surface area (Å²) in [5.41, 5.74) is -0.353. The molecular formula is C12H13Cl2NO. The summed E-state index contributed by atoms with van der Waals surface area (Å²) in [6.07, 6.45) is -0.401. The third-order valence-electron chi connectivity index (χ3n) is 2.85. The monoisotopic (exact) mass is 257 g/mol. The average Bonchev–Trinajstić information content (AvgIpc) is 2.30. The third kappa shape index (κ3) is 2.49. The van der Waals surface area contributed by atoms with Gasteiger partial charge in [-0.1, -0.05) is 30.1 Å². The van der Waals surface area contributed by atoms with Crippen LogP contribution in [-0.4, -0.2) is 5.11 Å². The van der Waals surface area contributed by atoms with Gasteiger partial charge in [0.15, 0.2) is 0 Å². The molecule has 16 heavy (non-hydrogen) atoms. The molecule has 1 rings (SSSR count). The molecule has 0 amide bonds. The Kier molecular flexibility index (Phi) is 4.21. The molecule has 0 fully saturated rings. The lowest BCUT2D eigenvalue weighted by molar-refractivity contribution is 0.0723. The molecule has 86 valence electrons. The Morgan fingerprint density at radius 3 is 2.62 bits per heavy atom. The van der Waals surface area contributed by atoms with Crippen molar-refractivity contribution in [2.24, 2.45) is 5.41 Å². The fraction of sp³-hybridized carbons (Fsp3) is 0.417. The molecule has 0 aliphatic carbocycles. The first-order valence-electron chi connectivity index (χ1n) is 4.99. The molecule has 0 heterocycles. The summed E-state index contributed by atoms with van der Waals surface area (Å²) >= 11 is 11.8. The highest BCUT2D eigenvalue weighted by molar-refractivity contribution is 6.33. The molecule has 0 radical (unpaired) electrons. The van der Waals surface area contributed by atoms with E-state index >= 15 is 0 Å². The van der Waals surface area contributed by atoms with Gasteiger partial charge in [-0.05, 0) is 31.5 Å². The SMILES string of the molecule is CCC(C)(C#N)C(O)c1cc(Cl)ccc1Cl. The molecule has 2 unspecified atom stereocenters. The highest BCUT2D eigenvalue weighted by Gasteiger charge is 2.33. The zero-order valence-corrected chi connectivity index (χ0v) is 10.7. The molecule has 0 saturated carbocycles. The van der Waals surface area contributed by atoms with Crippen LogP contribution in [0.5, 0.6) is 0 Å². The minimum Gasteiger partial charge on any atom is -0.387 e. The van der Waals surface area contributed by atoms with Gasteiger partial charge in [-0.3, -0.25) is 0 Å². The zero-order valence-electron chi connectivity index (χ0n) is 9.17. The summed E-state index contributed by atoms with van der Waals surface area (Å²) in [6.45, 7) is 3.56. The Morgan fingerprint density at radius 1 is 1.50 bits per heavy atom. The second-order valence-electron chi connectivity index (χ2n) is 3.95. The van der Waals surface area contributed by atoms with Crippen LogP contribution in [0.3, 0.4) is 0 Å². The largest absolute Gasteiger partial charge is 0.387 e. The van der Waals surface area contributed by atoms with E-state index in [-0.39, 0.29) is 0 Å². The van der Waals surface area contributed by atoms with Gasteiger partial charge in [-0.25, -0.2) is 0 Å². The summed E-state index contributed by atoms with van der Waals surface area (Å²) in [5.74, 6) is 0. The van der Waals surface area contributed by atoms with Crippen LogP contribution in [0.1, 0.15) is 31.9 Å². The van der Waals surface area contributed by atoms with E-state index in [2.05, 4.69) is 6.07 Å². The Hall–Kier alpha value is -0.750. The lowest BCUT2D eigenvalue weighted by Crippen LogP contribution is -2.23. The fourth-order valence-electron chi connectivity index (χ4n) is 1.40. The highest BCUT2D eigenvalue weighted by atomic mass is 35.5. The van der Waals surface area contributed by atoms with Gasteiger partial charge in [0.1, 0.15) is 0 Å². The number of hydrogen-bond acceptors (Lipinski definition) is 2. The number of nitriles is 1. The van der Waals surface area contributed by atoms with Crippen LogP contribution in [0.2, 0.25) is 10.0 Å². The first kappa shape index (κ1) is 13.3. The van der Waals surface area contributed by atoms with Crippen LogP contribution in [-0.2, 0) is 0 Å². The van der Waals surface area contributed by atoms with Crippen LogP contribution >= 0.6 is 23.2 Å². The minimum atomic E-state index is -0.936. The molecule has 0 bridgehead atoms. The van der Waals surface area contributed by atoms with Crippen molar-refractivity contribution < 1.29 is 5.11 Å². The molecule has 4 heteroatoms.